The smallest absolute Gasteiger partial charge is 0.242 e. The third-order valence-corrected chi connectivity index (χ3v) is 5.98. The summed E-state index contributed by atoms with van der Waals surface area (Å²) < 4.78 is 26.6. The fourth-order valence-corrected chi connectivity index (χ4v) is 3.73. The van der Waals surface area contributed by atoms with E-state index < -0.39 is 10.0 Å². The number of benzene rings is 1. The molecule has 0 spiro atoms. The van der Waals surface area contributed by atoms with E-state index in [1.165, 1.54) is 4.31 Å². The maximum absolute atomic E-state index is 12.6. The minimum absolute atomic E-state index is 0.393. The molecular weight excluding hydrogens is 272 g/mol. The second-order valence-electron chi connectivity index (χ2n) is 5.88. The van der Waals surface area contributed by atoms with Gasteiger partial charge in [-0.25, -0.2) is 12.7 Å². The van der Waals surface area contributed by atoms with Gasteiger partial charge in [0.1, 0.15) is 0 Å². The van der Waals surface area contributed by atoms with Crippen molar-refractivity contribution < 1.29 is 8.42 Å². The predicted octanol–water partition coefficient (Wildman–Crippen LogP) is 1.99. The van der Waals surface area contributed by atoms with E-state index in [0.29, 0.717) is 29.8 Å². The molecule has 1 fully saturated rings. The van der Waals surface area contributed by atoms with E-state index in [0.717, 1.165) is 17.5 Å². The van der Waals surface area contributed by atoms with Gasteiger partial charge in [0.05, 0.1) is 4.90 Å². The largest absolute Gasteiger partial charge is 0.316 e. The van der Waals surface area contributed by atoms with Gasteiger partial charge in [0.25, 0.3) is 0 Å². The minimum Gasteiger partial charge on any atom is -0.316 e. The predicted molar refractivity (Wildman–Crippen MR) is 81.0 cm³/mol. The highest BCUT2D eigenvalue weighted by Crippen LogP contribution is 2.38. The van der Waals surface area contributed by atoms with Crippen LogP contribution in [-0.2, 0) is 16.6 Å². The Hall–Kier alpha value is -0.910. The first-order valence-electron chi connectivity index (χ1n) is 7.06. The lowest BCUT2D eigenvalue weighted by Gasteiger charge is -2.18. The average Bonchev–Trinajstić information content (AvgIpc) is 3.07. The monoisotopic (exact) mass is 296 g/mol. The second kappa shape index (κ2) is 5.84. The van der Waals surface area contributed by atoms with E-state index >= 15 is 0 Å². The van der Waals surface area contributed by atoms with Crippen LogP contribution < -0.4 is 5.32 Å². The van der Waals surface area contributed by atoms with Crippen LogP contribution >= 0.6 is 0 Å². The van der Waals surface area contributed by atoms with E-state index in [4.69, 9.17) is 0 Å². The number of hydrogen-bond acceptors (Lipinski definition) is 3. The number of nitrogens with one attached hydrogen (secondary N) is 1. The fourth-order valence-electron chi connectivity index (χ4n) is 2.45. The van der Waals surface area contributed by atoms with Gasteiger partial charge in [0.2, 0.25) is 10.0 Å². The summed E-state index contributed by atoms with van der Waals surface area (Å²) in [5.74, 6) is 1.18. The van der Waals surface area contributed by atoms with Gasteiger partial charge in [-0.2, -0.15) is 0 Å². The molecule has 0 bridgehead atoms. The van der Waals surface area contributed by atoms with Gasteiger partial charge < -0.3 is 5.32 Å². The summed E-state index contributed by atoms with van der Waals surface area (Å²) in [5, 5.41) is 3.07. The molecule has 2 atom stereocenters. The Kier molecular flexibility index (Phi) is 4.52. The van der Waals surface area contributed by atoms with Crippen LogP contribution in [0.3, 0.4) is 0 Å². The van der Waals surface area contributed by atoms with Crippen molar-refractivity contribution in [3.63, 3.8) is 0 Å². The van der Waals surface area contributed by atoms with E-state index in [-0.39, 0.29) is 0 Å². The lowest BCUT2D eigenvalue weighted by molar-refractivity contribution is 0.444. The molecule has 0 heterocycles. The normalized spacial score (nSPS) is 22.2. The molecule has 0 radical (unpaired) electrons. The van der Waals surface area contributed by atoms with E-state index in [1.54, 1.807) is 19.2 Å². The first kappa shape index (κ1) is 15.5. The first-order valence-corrected chi connectivity index (χ1v) is 8.50. The van der Waals surface area contributed by atoms with Crippen LogP contribution in [0.1, 0.15) is 24.5 Å². The summed E-state index contributed by atoms with van der Waals surface area (Å²) in [6.45, 7) is 5.47. The van der Waals surface area contributed by atoms with E-state index in [2.05, 4.69) is 12.2 Å². The standard InChI is InChI=1S/C15H24N2O2S/c1-11-5-6-15(8-13(11)9-16-3)20(18,19)17(4)10-14-7-12(14)2/h5-6,8,12,14,16H,7,9-10H2,1-4H3. The third-order valence-electron chi connectivity index (χ3n) is 4.16. The van der Waals surface area contributed by atoms with Crippen molar-refractivity contribution in [2.45, 2.75) is 31.7 Å². The van der Waals surface area contributed by atoms with Gasteiger partial charge >= 0.3 is 0 Å². The molecular formula is C15H24N2O2S. The van der Waals surface area contributed by atoms with Gasteiger partial charge in [-0.05, 0) is 55.5 Å². The number of rotatable bonds is 6. The van der Waals surface area contributed by atoms with Crippen LogP contribution in [0, 0.1) is 18.8 Å². The van der Waals surface area contributed by atoms with Crippen LogP contribution in [0.25, 0.3) is 0 Å². The van der Waals surface area contributed by atoms with Crippen molar-refractivity contribution in [1.29, 1.82) is 0 Å². The Bertz CT molecular complexity index is 584. The Morgan fingerprint density at radius 3 is 2.60 bits per heavy atom. The highest BCUT2D eigenvalue weighted by atomic mass is 32.2. The maximum Gasteiger partial charge on any atom is 0.242 e. The molecule has 112 valence electrons. The summed E-state index contributed by atoms with van der Waals surface area (Å²) in [5.41, 5.74) is 2.14. The van der Waals surface area contributed by atoms with Gasteiger partial charge in [-0.3, -0.25) is 0 Å². The molecule has 2 rings (SSSR count). The molecule has 0 amide bonds. The minimum atomic E-state index is -3.37. The van der Waals surface area contributed by atoms with E-state index in [9.17, 15) is 8.42 Å². The molecule has 1 N–H and O–H groups in total. The Labute approximate surface area is 122 Å². The van der Waals surface area contributed by atoms with Crippen molar-refractivity contribution in [1.82, 2.24) is 9.62 Å². The van der Waals surface area contributed by atoms with Gasteiger partial charge in [-0.15, -0.1) is 0 Å². The highest BCUT2D eigenvalue weighted by Gasteiger charge is 2.36. The molecule has 1 aromatic rings. The molecule has 1 saturated carbocycles. The third kappa shape index (κ3) is 3.22. The van der Waals surface area contributed by atoms with Crippen LogP contribution in [0.2, 0.25) is 0 Å². The van der Waals surface area contributed by atoms with Gasteiger partial charge in [-0.1, -0.05) is 13.0 Å². The van der Waals surface area contributed by atoms with Crippen LogP contribution in [0.15, 0.2) is 23.1 Å². The van der Waals surface area contributed by atoms with E-state index in [1.807, 2.05) is 20.0 Å². The average molecular weight is 296 g/mol. The molecule has 5 heteroatoms. The Morgan fingerprint density at radius 2 is 2.05 bits per heavy atom. The van der Waals surface area contributed by atoms with Crippen LogP contribution in [0.5, 0.6) is 0 Å². The fraction of sp³-hybridized carbons (Fsp3) is 0.600. The summed E-state index contributed by atoms with van der Waals surface area (Å²) >= 11 is 0. The summed E-state index contributed by atoms with van der Waals surface area (Å²) in [6, 6.07) is 5.37. The van der Waals surface area contributed by atoms with Gasteiger partial charge in [0, 0.05) is 20.1 Å². The van der Waals surface area contributed by atoms with Crippen molar-refractivity contribution >= 4 is 10.0 Å². The van der Waals surface area contributed by atoms with Crippen molar-refractivity contribution in [2.24, 2.45) is 11.8 Å². The molecule has 0 aromatic heterocycles. The molecule has 0 aliphatic heterocycles. The molecule has 2 unspecified atom stereocenters. The number of aryl methyl sites for hydroxylation is 1. The van der Waals surface area contributed by atoms with Crippen molar-refractivity contribution in [2.75, 3.05) is 20.6 Å². The molecule has 4 nitrogen and oxygen atoms in total. The van der Waals surface area contributed by atoms with Crippen LogP contribution in [-0.4, -0.2) is 33.4 Å². The summed E-state index contributed by atoms with van der Waals surface area (Å²) in [4.78, 5) is 0.393. The van der Waals surface area contributed by atoms with Crippen molar-refractivity contribution in [3.8, 4) is 0 Å². The Balaban J connectivity index is 2.22. The lowest BCUT2D eigenvalue weighted by Crippen LogP contribution is -2.29. The SMILES string of the molecule is CNCc1cc(S(=O)(=O)N(C)CC2CC2C)ccc1C. The zero-order valence-corrected chi connectivity index (χ0v) is 13.5. The topological polar surface area (TPSA) is 49.4 Å². The van der Waals surface area contributed by atoms with Crippen molar-refractivity contribution in [3.05, 3.63) is 29.3 Å². The molecule has 1 aliphatic rings. The number of hydrogen-bond donors (Lipinski definition) is 1. The maximum atomic E-state index is 12.6. The zero-order chi connectivity index (χ0) is 14.9. The summed E-state index contributed by atoms with van der Waals surface area (Å²) in [7, 11) is 0.171. The zero-order valence-electron chi connectivity index (χ0n) is 12.7. The highest BCUT2D eigenvalue weighted by molar-refractivity contribution is 7.89. The molecule has 1 aliphatic carbocycles. The van der Waals surface area contributed by atoms with Gasteiger partial charge in [0.15, 0.2) is 0 Å². The number of sulfonamides is 1. The lowest BCUT2D eigenvalue weighted by atomic mass is 10.1. The first-order chi connectivity index (χ1) is 9.36. The number of nitrogens with zero attached hydrogens (tertiary/aromatic N) is 1. The van der Waals surface area contributed by atoms with Crippen LogP contribution in [0.4, 0.5) is 0 Å². The Morgan fingerprint density at radius 1 is 1.40 bits per heavy atom. The quantitative estimate of drug-likeness (QED) is 0.873. The summed E-state index contributed by atoms with van der Waals surface area (Å²) in [6.07, 6.45) is 1.14. The molecule has 0 saturated heterocycles. The molecule has 1 aromatic carbocycles. The molecule has 20 heavy (non-hydrogen) atoms. The second-order valence-corrected chi connectivity index (χ2v) is 7.92.